The number of pyridine rings is 1. The lowest BCUT2D eigenvalue weighted by atomic mass is 9.94. The quantitative estimate of drug-likeness (QED) is 0.771. The number of imidazole rings is 1. The summed E-state index contributed by atoms with van der Waals surface area (Å²) in [5.41, 5.74) is 3.75. The largest absolute Gasteiger partial charge is 0.390 e. The molecule has 0 aliphatic rings. The fourth-order valence-corrected chi connectivity index (χ4v) is 2.46. The van der Waals surface area contributed by atoms with Gasteiger partial charge in [0, 0.05) is 17.5 Å². The van der Waals surface area contributed by atoms with Crippen molar-refractivity contribution < 1.29 is 5.11 Å². The van der Waals surface area contributed by atoms with Gasteiger partial charge in [-0.15, -0.1) is 0 Å². The highest BCUT2D eigenvalue weighted by Gasteiger charge is 2.17. The average molecular weight is 283 g/mol. The molecule has 110 valence electrons. The molecule has 0 fully saturated rings. The lowest BCUT2D eigenvalue weighted by Gasteiger charge is -2.13. The standard InChI is InChI=1S/C15H15N3O.C2H6/c1-10(14-13(8-19)17-9-18-14)12-6-2-4-11-5-3-7-16-15(11)12;1-2/h2-7,9-10,19H,8H2,1H3,(H,17,18);1-2H3. The molecule has 0 spiro atoms. The molecular weight excluding hydrogens is 262 g/mol. The second kappa shape index (κ2) is 6.99. The Hall–Kier alpha value is -2.20. The van der Waals surface area contributed by atoms with Gasteiger partial charge in [0.1, 0.15) is 0 Å². The Morgan fingerprint density at radius 2 is 1.90 bits per heavy atom. The Kier molecular flexibility index (Phi) is 5.06. The molecular formula is C17H21N3O. The van der Waals surface area contributed by atoms with Crippen LogP contribution < -0.4 is 0 Å². The van der Waals surface area contributed by atoms with Gasteiger partial charge in [0.25, 0.3) is 0 Å². The molecule has 2 heterocycles. The predicted molar refractivity (Wildman–Crippen MR) is 85.1 cm³/mol. The summed E-state index contributed by atoms with van der Waals surface area (Å²) in [6.07, 6.45) is 3.42. The summed E-state index contributed by atoms with van der Waals surface area (Å²) in [5, 5.41) is 10.4. The molecule has 21 heavy (non-hydrogen) atoms. The van der Waals surface area contributed by atoms with Crippen molar-refractivity contribution in [2.45, 2.75) is 33.3 Å². The molecule has 1 atom stereocenters. The fourth-order valence-electron chi connectivity index (χ4n) is 2.46. The smallest absolute Gasteiger partial charge is 0.0926 e. The highest BCUT2D eigenvalue weighted by Crippen LogP contribution is 2.29. The molecule has 0 saturated heterocycles. The van der Waals surface area contributed by atoms with Crippen molar-refractivity contribution in [1.29, 1.82) is 0 Å². The van der Waals surface area contributed by atoms with Gasteiger partial charge in [-0.1, -0.05) is 45.0 Å². The summed E-state index contributed by atoms with van der Waals surface area (Å²) in [4.78, 5) is 11.8. The van der Waals surface area contributed by atoms with E-state index in [1.54, 1.807) is 12.5 Å². The zero-order valence-electron chi connectivity index (χ0n) is 12.7. The number of aromatic amines is 1. The number of fused-ring (bicyclic) bond motifs is 1. The summed E-state index contributed by atoms with van der Waals surface area (Å²) in [7, 11) is 0. The van der Waals surface area contributed by atoms with Gasteiger partial charge in [0.2, 0.25) is 0 Å². The Morgan fingerprint density at radius 1 is 1.14 bits per heavy atom. The first kappa shape index (κ1) is 15.2. The maximum atomic E-state index is 9.33. The molecule has 3 aromatic rings. The highest BCUT2D eigenvalue weighted by molar-refractivity contribution is 5.82. The van der Waals surface area contributed by atoms with Crippen LogP contribution in [0.3, 0.4) is 0 Å². The van der Waals surface area contributed by atoms with Gasteiger partial charge in [-0.05, 0) is 11.6 Å². The molecule has 0 bridgehead atoms. The second-order valence-corrected chi connectivity index (χ2v) is 4.57. The van der Waals surface area contributed by atoms with Crippen LogP contribution in [0.25, 0.3) is 10.9 Å². The topological polar surface area (TPSA) is 61.8 Å². The zero-order valence-corrected chi connectivity index (χ0v) is 12.7. The minimum absolute atomic E-state index is 0.0299. The van der Waals surface area contributed by atoms with Crippen LogP contribution in [0.2, 0.25) is 0 Å². The molecule has 1 unspecified atom stereocenters. The highest BCUT2D eigenvalue weighted by atomic mass is 16.3. The molecule has 1 aromatic carbocycles. The molecule has 0 aliphatic heterocycles. The van der Waals surface area contributed by atoms with Crippen molar-refractivity contribution in [3.63, 3.8) is 0 Å². The van der Waals surface area contributed by atoms with Crippen LogP contribution in [0.1, 0.15) is 43.6 Å². The van der Waals surface area contributed by atoms with E-state index in [1.807, 2.05) is 26.0 Å². The predicted octanol–water partition coefficient (Wildman–Crippen LogP) is 3.63. The van der Waals surface area contributed by atoms with Crippen LogP contribution in [0.15, 0.2) is 42.9 Å². The maximum Gasteiger partial charge on any atom is 0.0926 e. The molecule has 4 heteroatoms. The van der Waals surface area contributed by atoms with Crippen molar-refractivity contribution in [1.82, 2.24) is 15.0 Å². The van der Waals surface area contributed by atoms with Crippen molar-refractivity contribution in [2.75, 3.05) is 0 Å². The van der Waals surface area contributed by atoms with Gasteiger partial charge in [0.15, 0.2) is 0 Å². The molecule has 0 amide bonds. The first-order valence-electron chi connectivity index (χ1n) is 7.28. The molecule has 0 saturated carbocycles. The third kappa shape index (κ3) is 2.95. The van der Waals surface area contributed by atoms with Crippen molar-refractivity contribution >= 4 is 10.9 Å². The van der Waals surface area contributed by atoms with E-state index in [9.17, 15) is 5.11 Å². The van der Waals surface area contributed by atoms with E-state index in [-0.39, 0.29) is 12.5 Å². The van der Waals surface area contributed by atoms with Crippen LogP contribution in [-0.4, -0.2) is 20.1 Å². The third-order valence-electron chi connectivity index (χ3n) is 3.45. The van der Waals surface area contributed by atoms with E-state index in [2.05, 4.69) is 40.1 Å². The number of hydrogen-bond donors (Lipinski definition) is 2. The average Bonchev–Trinajstić information content (AvgIpc) is 3.04. The second-order valence-electron chi connectivity index (χ2n) is 4.57. The van der Waals surface area contributed by atoms with E-state index in [1.165, 1.54) is 0 Å². The number of aromatic nitrogens is 3. The molecule has 0 aliphatic carbocycles. The minimum Gasteiger partial charge on any atom is -0.390 e. The zero-order chi connectivity index (χ0) is 15.2. The first-order chi connectivity index (χ1) is 10.3. The number of aliphatic hydroxyl groups excluding tert-OH is 1. The van der Waals surface area contributed by atoms with Crippen LogP contribution >= 0.6 is 0 Å². The van der Waals surface area contributed by atoms with Crippen molar-refractivity contribution in [3.05, 3.63) is 59.8 Å². The number of aliphatic hydroxyl groups is 1. The van der Waals surface area contributed by atoms with Crippen LogP contribution in [0.4, 0.5) is 0 Å². The lowest BCUT2D eigenvalue weighted by molar-refractivity contribution is 0.276. The number of nitrogens with one attached hydrogen (secondary N) is 1. The lowest BCUT2D eigenvalue weighted by Crippen LogP contribution is -2.02. The van der Waals surface area contributed by atoms with Crippen LogP contribution in [0.5, 0.6) is 0 Å². The Bertz CT molecular complexity index is 701. The normalized spacial score (nSPS) is 11.8. The molecule has 0 radical (unpaired) electrons. The fraction of sp³-hybridized carbons (Fsp3) is 0.294. The number of benzene rings is 1. The first-order valence-corrected chi connectivity index (χ1v) is 7.28. The van der Waals surface area contributed by atoms with Gasteiger partial charge in [-0.2, -0.15) is 0 Å². The van der Waals surface area contributed by atoms with Gasteiger partial charge in [0.05, 0.1) is 29.8 Å². The van der Waals surface area contributed by atoms with Gasteiger partial charge in [-0.25, -0.2) is 4.98 Å². The summed E-state index contributed by atoms with van der Waals surface area (Å²) < 4.78 is 0. The number of H-pyrrole nitrogens is 1. The van der Waals surface area contributed by atoms with E-state index in [4.69, 9.17) is 0 Å². The van der Waals surface area contributed by atoms with Crippen molar-refractivity contribution in [3.8, 4) is 0 Å². The number of hydrogen-bond acceptors (Lipinski definition) is 3. The summed E-state index contributed by atoms with van der Waals surface area (Å²) in [6, 6.07) is 10.1. The molecule has 2 aromatic heterocycles. The monoisotopic (exact) mass is 283 g/mol. The molecule has 4 nitrogen and oxygen atoms in total. The minimum atomic E-state index is -0.0299. The van der Waals surface area contributed by atoms with Crippen molar-refractivity contribution in [2.24, 2.45) is 0 Å². The van der Waals surface area contributed by atoms with E-state index in [0.717, 1.165) is 27.9 Å². The van der Waals surface area contributed by atoms with Gasteiger partial charge in [-0.3, -0.25) is 4.98 Å². The molecule has 2 N–H and O–H groups in total. The molecule has 3 rings (SSSR count). The summed E-state index contributed by atoms with van der Waals surface area (Å²) >= 11 is 0. The van der Waals surface area contributed by atoms with Gasteiger partial charge < -0.3 is 10.1 Å². The van der Waals surface area contributed by atoms with Crippen LogP contribution in [0, 0.1) is 0 Å². The number of nitrogens with zero attached hydrogens (tertiary/aromatic N) is 2. The maximum absolute atomic E-state index is 9.33. The van der Waals surface area contributed by atoms with Crippen LogP contribution in [-0.2, 0) is 6.61 Å². The van der Waals surface area contributed by atoms with Gasteiger partial charge >= 0.3 is 0 Å². The summed E-state index contributed by atoms with van der Waals surface area (Å²) in [6.45, 7) is 6.05. The SMILES string of the molecule is CC.CC(c1nc[nH]c1CO)c1cccc2cccnc12. The number of para-hydroxylation sites is 1. The van der Waals surface area contributed by atoms with E-state index in [0.29, 0.717) is 0 Å². The Balaban J connectivity index is 0.000000774. The van der Waals surface area contributed by atoms with E-state index >= 15 is 0 Å². The Labute approximate surface area is 124 Å². The Morgan fingerprint density at radius 3 is 2.67 bits per heavy atom. The summed E-state index contributed by atoms with van der Waals surface area (Å²) in [5.74, 6) is 0.0898. The number of rotatable bonds is 3. The third-order valence-corrected chi connectivity index (χ3v) is 3.45. The van der Waals surface area contributed by atoms with E-state index < -0.39 is 0 Å².